The van der Waals surface area contributed by atoms with Gasteiger partial charge < -0.3 is 10.2 Å². The first-order valence-electron chi connectivity index (χ1n) is 8.34. The zero-order valence-electron chi connectivity index (χ0n) is 14.1. The Hall–Kier alpha value is -1.85. The Bertz CT molecular complexity index is 787. The molecule has 0 aromatic heterocycles. The van der Waals surface area contributed by atoms with Crippen LogP contribution in [0.1, 0.15) is 29.6 Å². The third-order valence-corrected chi connectivity index (χ3v) is 5.59. The summed E-state index contributed by atoms with van der Waals surface area (Å²) in [4.78, 5) is 15.3. The van der Waals surface area contributed by atoms with Crippen LogP contribution in [0.4, 0.5) is 11.4 Å². The SMILES string of the molecule is CS(=O)c1ccc(C(=O)Nc2ccc(N3CCCCC3)c(Cl)c2)cc1. The van der Waals surface area contributed by atoms with E-state index in [1.165, 1.54) is 19.3 Å². The minimum absolute atomic E-state index is 0.213. The van der Waals surface area contributed by atoms with Crippen LogP contribution >= 0.6 is 11.6 Å². The number of nitrogens with zero attached hydrogens (tertiary/aromatic N) is 1. The first-order valence-corrected chi connectivity index (χ1v) is 10.3. The minimum atomic E-state index is -1.05. The number of rotatable bonds is 4. The van der Waals surface area contributed by atoms with Crippen molar-refractivity contribution in [2.24, 2.45) is 0 Å². The molecular weight excluding hydrogens is 356 g/mol. The molecule has 3 rings (SSSR count). The molecule has 132 valence electrons. The molecule has 4 nitrogen and oxygen atoms in total. The Morgan fingerprint density at radius 1 is 1.08 bits per heavy atom. The molecule has 0 aliphatic carbocycles. The van der Waals surface area contributed by atoms with Gasteiger partial charge in [-0.25, -0.2) is 0 Å². The molecule has 1 saturated heterocycles. The standard InChI is InChI=1S/C19H21ClN2O2S/c1-25(24)16-8-5-14(6-9-16)19(23)21-15-7-10-18(17(20)13-15)22-11-3-2-4-12-22/h5-10,13H,2-4,11-12H2,1H3,(H,21,23). The van der Waals surface area contributed by atoms with Crippen LogP contribution in [0.2, 0.25) is 5.02 Å². The molecule has 0 radical (unpaired) electrons. The number of piperidine rings is 1. The van der Waals surface area contributed by atoms with Crippen LogP contribution in [0.5, 0.6) is 0 Å². The lowest BCUT2D eigenvalue weighted by molar-refractivity contribution is 0.102. The lowest BCUT2D eigenvalue weighted by Gasteiger charge is -2.29. The molecule has 1 N–H and O–H groups in total. The number of benzene rings is 2. The van der Waals surface area contributed by atoms with Crippen molar-refractivity contribution >= 4 is 39.7 Å². The molecule has 25 heavy (non-hydrogen) atoms. The van der Waals surface area contributed by atoms with Gasteiger partial charge in [-0.2, -0.15) is 0 Å². The molecule has 0 spiro atoms. The predicted octanol–water partition coefficient (Wildman–Crippen LogP) is 4.32. The van der Waals surface area contributed by atoms with Gasteiger partial charge in [-0.15, -0.1) is 0 Å². The monoisotopic (exact) mass is 376 g/mol. The molecule has 0 bridgehead atoms. The number of hydrogen-bond donors (Lipinski definition) is 1. The molecule has 1 unspecified atom stereocenters. The molecule has 1 atom stereocenters. The van der Waals surface area contributed by atoms with Gasteiger partial charge >= 0.3 is 0 Å². The van der Waals surface area contributed by atoms with Crippen LogP contribution in [0.3, 0.4) is 0 Å². The Balaban J connectivity index is 1.70. The number of carbonyl (C=O) groups excluding carboxylic acids is 1. The normalized spacial score (nSPS) is 15.7. The largest absolute Gasteiger partial charge is 0.370 e. The maximum Gasteiger partial charge on any atom is 0.255 e. The molecule has 1 fully saturated rings. The molecule has 2 aromatic rings. The summed E-state index contributed by atoms with van der Waals surface area (Å²) in [6.45, 7) is 2.05. The maximum atomic E-state index is 12.4. The van der Waals surface area contributed by atoms with E-state index in [1.54, 1.807) is 36.6 Å². The van der Waals surface area contributed by atoms with Crippen LogP contribution < -0.4 is 10.2 Å². The van der Waals surface area contributed by atoms with Crippen molar-refractivity contribution in [3.63, 3.8) is 0 Å². The number of carbonyl (C=O) groups is 1. The van der Waals surface area contributed by atoms with Crippen molar-refractivity contribution in [2.45, 2.75) is 24.2 Å². The number of hydrogen-bond acceptors (Lipinski definition) is 3. The Morgan fingerprint density at radius 2 is 1.76 bits per heavy atom. The lowest BCUT2D eigenvalue weighted by Crippen LogP contribution is -2.29. The Morgan fingerprint density at radius 3 is 2.36 bits per heavy atom. The highest BCUT2D eigenvalue weighted by atomic mass is 35.5. The summed E-state index contributed by atoms with van der Waals surface area (Å²) in [5.74, 6) is -0.213. The number of halogens is 1. The zero-order chi connectivity index (χ0) is 17.8. The van der Waals surface area contributed by atoms with Gasteiger partial charge in [-0.1, -0.05) is 11.6 Å². The smallest absolute Gasteiger partial charge is 0.255 e. The van der Waals surface area contributed by atoms with E-state index < -0.39 is 10.8 Å². The van der Waals surface area contributed by atoms with Gasteiger partial charge in [0.1, 0.15) is 0 Å². The van der Waals surface area contributed by atoms with Crippen LogP contribution in [-0.2, 0) is 10.8 Å². The van der Waals surface area contributed by atoms with Gasteiger partial charge in [0.15, 0.2) is 0 Å². The van der Waals surface area contributed by atoms with E-state index in [9.17, 15) is 9.00 Å². The van der Waals surface area contributed by atoms with Crippen LogP contribution in [0, 0.1) is 0 Å². The quantitative estimate of drug-likeness (QED) is 0.864. The van der Waals surface area contributed by atoms with E-state index in [-0.39, 0.29) is 5.91 Å². The summed E-state index contributed by atoms with van der Waals surface area (Å²) in [5, 5.41) is 3.51. The van der Waals surface area contributed by atoms with E-state index >= 15 is 0 Å². The van der Waals surface area contributed by atoms with E-state index in [0.717, 1.165) is 18.8 Å². The third-order valence-electron chi connectivity index (χ3n) is 4.35. The summed E-state index contributed by atoms with van der Waals surface area (Å²) in [6, 6.07) is 12.4. The fourth-order valence-corrected chi connectivity index (χ4v) is 3.80. The summed E-state index contributed by atoms with van der Waals surface area (Å²) >= 11 is 6.42. The first-order chi connectivity index (χ1) is 12.0. The molecule has 0 saturated carbocycles. The molecule has 1 heterocycles. The summed E-state index contributed by atoms with van der Waals surface area (Å²) in [7, 11) is -1.05. The summed E-state index contributed by atoms with van der Waals surface area (Å²) in [6.07, 6.45) is 5.26. The second-order valence-electron chi connectivity index (χ2n) is 6.15. The van der Waals surface area contributed by atoms with E-state index in [0.29, 0.717) is 21.2 Å². The predicted molar refractivity (Wildman–Crippen MR) is 104 cm³/mol. The van der Waals surface area contributed by atoms with Gasteiger partial charge in [0.05, 0.1) is 10.7 Å². The number of nitrogens with one attached hydrogen (secondary N) is 1. The Labute approximate surface area is 155 Å². The number of anilines is 2. The zero-order valence-corrected chi connectivity index (χ0v) is 15.7. The molecule has 6 heteroatoms. The summed E-state index contributed by atoms with van der Waals surface area (Å²) < 4.78 is 11.4. The highest BCUT2D eigenvalue weighted by molar-refractivity contribution is 7.84. The van der Waals surface area contributed by atoms with Crippen LogP contribution in [0.25, 0.3) is 0 Å². The molecule has 2 aromatic carbocycles. The van der Waals surface area contributed by atoms with Crippen molar-refractivity contribution in [2.75, 3.05) is 29.6 Å². The van der Waals surface area contributed by atoms with E-state index in [4.69, 9.17) is 11.6 Å². The number of amides is 1. The van der Waals surface area contributed by atoms with Crippen molar-refractivity contribution in [3.8, 4) is 0 Å². The molecule has 1 amide bonds. The van der Waals surface area contributed by atoms with Gasteiger partial charge in [-0.05, 0) is 61.7 Å². The van der Waals surface area contributed by atoms with Gasteiger partial charge in [0.25, 0.3) is 5.91 Å². The van der Waals surface area contributed by atoms with Crippen LogP contribution in [-0.4, -0.2) is 29.5 Å². The third kappa shape index (κ3) is 4.41. The second-order valence-corrected chi connectivity index (χ2v) is 7.93. The fourth-order valence-electron chi connectivity index (χ4n) is 2.98. The molecule has 1 aliphatic rings. The first kappa shape index (κ1) is 18.0. The molecule has 1 aliphatic heterocycles. The fraction of sp³-hybridized carbons (Fsp3) is 0.316. The second kappa shape index (κ2) is 8.02. The Kier molecular flexibility index (Phi) is 5.76. The topological polar surface area (TPSA) is 49.4 Å². The maximum absolute atomic E-state index is 12.4. The van der Waals surface area contributed by atoms with Gasteiger partial charge in [-0.3, -0.25) is 9.00 Å². The van der Waals surface area contributed by atoms with Gasteiger partial charge in [0.2, 0.25) is 0 Å². The lowest BCUT2D eigenvalue weighted by atomic mass is 10.1. The van der Waals surface area contributed by atoms with Crippen molar-refractivity contribution < 1.29 is 9.00 Å². The molecular formula is C19H21ClN2O2S. The van der Waals surface area contributed by atoms with Gasteiger partial charge in [0, 0.05) is 46.3 Å². The summed E-state index contributed by atoms with van der Waals surface area (Å²) in [5.41, 5.74) is 2.21. The highest BCUT2D eigenvalue weighted by Gasteiger charge is 2.15. The van der Waals surface area contributed by atoms with Crippen molar-refractivity contribution in [1.82, 2.24) is 0 Å². The average molecular weight is 377 g/mol. The van der Waals surface area contributed by atoms with Crippen molar-refractivity contribution in [3.05, 3.63) is 53.1 Å². The van der Waals surface area contributed by atoms with Crippen LogP contribution in [0.15, 0.2) is 47.4 Å². The minimum Gasteiger partial charge on any atom is -0.370 e. The highest BCUT2D eigenvalue weighted by Crippen LogP contribution is 2.31. The van der Waals surface area contributed by atoms with E-state index in [2.05, 4.69) is 10.2 Å². The van der Waals surface area contributed by atoms with E-state index in [1.807, 2.05) is 12.1 Å². The average Bonchev–Trinajstić information content (AvgIpc) is 2.62. The van der Waals surface area contributed by atoms with Crippen molar-refractivity contribution in [1.29, 1.82) is 0 Å².